The van der Waals surface area contributed by atoms with E-state index in [9.17, 15) is 9.59 Å². The Hall–Kier alpha value is -2.11. The molecular weight excluding hydrogens is 232 g/mol. The molecule has 6 nitrogen and oxygen atoms in total. The Labute approximate surface area is 105 Å². The molecule has 1 aromatic rings. The average molecular weight is 248 g/mol. The monoisotopic (exact) mass is 248 g/mol. The van der Waals surface area contributed by atoms with E-state index in [2.05, 4.69) is 4.98 Å². The maximum atomic E-state index is 12.2. The molecule has 2 heterocycles. The van der Waals surface area contributed by atoms with Crippen molar-refractivity contribution in [2.24, 2.45) is 0 Å². The van der Waals surface area contributed by atoms with E-state index in [1.165, 1.54) is 11.1 Å². The fraction of sp³-hybridized carbons (Fsp3) is 0.417. The van der Waals surface area contributed by atoms with E-state index in [0.717, 1.165) is 6.42 Å². The SMILES string of the molecule is CN1CCCN(C(=O)c2ncccc2N)CC1=O. The Morgan fingerprint density at radius 2 is 2.22 bits per heavy atom. The zero-order valence-electron chi connectivity index (χ0n) is 10.3. The highest BCUT2D eigenvalue weighted by Crippen LogP contribution is 2.12. The zero-order chi connectivity index (χ0) is 13.1. The van der Waals surface area contributed by atoms with Crippen molar-refractivity contribution in [3.63, 3.8) is 0 Å². The molecule has 1 fully saturated rings. The van der Waals surface area contributed by atoms with Crippen LogP contribution in [-0.2, 0) is 4.79 Å². The normalized spacial score (nSPS) is 16.6. The van der Waals surface area contributed by atoms with E-state index in [4.69, 9.17) is 5.73 Å². The number of rotatable bonds is 1. The molecule has 18 heavy (non-hydrogen) atoms. The van der Waals surface area contributed by atoms with Crippen LogP contribution in [-0.4, -0.2) is 53.3 Å². The summed E-state index contributed by atoms with van der Waals surface area (Å²) in [4.78, 5) is 31.1. The van der Waals surface area contributed by atoms with E-state index >= 15 is 0 Å². The Kier molecular flexibility index (Phi) is 3.45. The minimum Gasteiger partial charge on any atom is -0.397 e. The van der Waals surface area contributed by atoms with Crippen LogP contribution in [0.2, 0.25) is 0 Å². The summed E-state index contributed by atoms with van der Waals surface area (Å²) in [5.74, 6) is -0.341. The summed E-state index contributed by atoms with van der Waals surface area (Å²) in [6, 6.07) is 3.31. The highest BCUT2D eigenvalue weighted by Gasteiger charge is 2.25. The average Bonchev–Trinajstić information content (AvgIpc) is 2.52. The third-order valence-corrected chi connectivity index (χ3v) is 3.00. The Balaban J connectivity index is 2.19. The smallest absolute Gasteiger partial charge is 0.275 e. The summed E-state index contributed by atoms with van der Waals surface area (Å²) in [5, 5.41) is 0. The van der Waals surface area contributed by atoms with Gasteiger partial charge in [0.05, 0.1) is 5.69 Å². The molecule has 0 atom stereocenters. The van der Waals surface area contributed by atoms with Crippen LogP contribution in [0.15, 0.2) is 18.3 Å². The first-order valence-corrected chi connectivity index (χ1v) is 5.83. The summed E-state index contributed by atoms with van der Waals surface area (Å²) in [5.41, 5.74) is 6.28. The molecule has 0 aliphatic carbocycles. The Morgan fingerprint density at radius 3 is 2.94 bits per heavy atom. The van der Waals surface area contributed by atoms with Gasteiger partial charge in [0.15, 0.2) is 5.69 Å². The number of nitrogen functional groups attached to an aromatic ring is 1. The second-order valence-corrected chi connectivity index (χ2v) is 4.34. The molecule has 2 rings (SSSR count). The zero-order valence-corrected chi connectivity index (χ0v) is 10.3. The summed E-state index contributed by atoms with van der Waals surface area (Å²) < 4.78 is 0. The molecule has 6 heteroatoms. The number of aromatic nitrogens is 1. The number of nitrogens with two attached hydrogens (primary N) is 1. The standard InChI is InChI=1S/C12H16N4O2/c1-15-6-3-7-16(8-10(15)17)12(18)11-9(13)4-2-5-14-11/h2,4-5H,3,6-8,13H2,1H3. The van der Waals surface area contributed by atoms with E-state index < -0.39 is 0 Å². The minimum atomic E-state index is -0.281. The number of amides is 2. The van der Waals surface area contributed by atoms with Gasteiger partial charge < -0.3 is 15.5 Å². The fourth-order valence-electron chi connectivity index (χ4n) is 1.91. The minimum absolute atomic E-state index is 0.0599. The van der Waals surface area contributed by atoms with Crippen molar-refractivity contribution in [2.75, 3.05) is 32.4 Å². The predicted octanol–water partition coefficient (Wildman–Crippen LogP) is -0.0319. The number of hydrogen-bond donors (Lipinski definition) is 1. The predicted molar refractivity (Wildman–Crippen MR) is 66.8 cm³/mol. The molecular formula is C12H16N4O2. The molecule has 1 aromatic heterocycles. The molecule has 0 aromatic carbocycles. The van der Waals surface area contributed by atoms with Crippen molar-refractivity contribution in [1.82, 2.24) is 14.8 Å². The van der Waals surface area contributed by atoms with E-state index in [1.807, 2.05) is 0 Å². The largest absolute Gasteiger partial charge is 0.397 e. The van der Waals surface area contributed by atoms with Crippen molar-refractivity contribution >= 4 is 17.5 Å². The maximum absolute atomic E-state index is 12.2. The lowest BCUT2D eigenvalue weighted by Gasteiger charge is -2.19. The summed E-state index contributed by atoms with van der Waals surface area (Å²) in [6.07, 6.45) is 2.29. The number of anilines is 1. The van der Waals surface area contributed by atoms with Gasteiger partial charge >= 0.3 is 0 Å². The van der Waals surface area contributed by atoms with Gasteiger partial charge in [0.1, 0.15) is 6.54 Å². The van der Waals surface area contributed by atoms with Gasteiger partial charge in [-0.3, -0.25) is 9.59 Å². The molecule has 1 saturated heterocycles. The Bertz CT molecular complexity index is 475. The van der Waals surface area contributed by atoms with Crippen LogP contribution >= 0.6 is 0 Å². The van der Waals surface area contributed by atoms with Crippen molar-refractivity contribution in [3.8, 4) is 0 Å². The first-order chi connectivity index (χ1) is 8.59. The van der Waals surface area contributed by atoms with Crippen LogP contribution < -0.4 is 5.73 Å². The van der Waals surface area contributed by atoms with Crippen molar-refractivity contribution in [3.05, 3.63) is 24.0 Å². The van der Waals surface area contributed by atoms with Crippen LogP contribution in [0.5, 0.6) is 0 Å². The highest BCUT2D eigenvalue weighted by molar-refractivity contribution is 5.98. The van der Waals surface area contributed by atoms with Gasteiger partial charge in [-0.25, -0.2) is 4.98 Å². The summed E-state index contributed by atoms with van der Waals surface area (Å²) in [7, 11) is 1.74. The van der Waals surface area contributed by atoms with Gasteiger partial charge in [0, 0.05) is 26.3 Å². The van der Waals surface area contributed by atoms with Gasteiger partial charge in [-0.15, -0.1) is 0 Å². The van der Waals surface area contributed by atoms with Gasteiger partial charge in [-0.1, -0.05) is 0 Å². The third kappa shape index (κ3) is 2.42. The number of hydrogen-bond acceptors (Lipinski definition) is 4. The molecule has 96 valence electrons. The van der Waals surface area contributed by atoms with Crippen LogP contribution in [0.1, 0.15) is 16.9 Å². The molecule has 0 spiro atoms. The first-order valence-electron chi connectivity index (χ1n) is 5.83. The fourth-order valence-corrected chi connectivity index (χ4v) is 1.91. The second-order valence-electron chi connectivity index (χ2n) is 4.34. The van der Waals surface area contributed by atoms with Gasteiger partial charge in [-0.2, -0.15) is 0 Å². The highest BCUT2D eigenvalue weighted by atomic mass is 16.2. The maximum Gasteiger partial charge on any atom is 0.275 e. The number of likely N-dealkylation sites (N-methyl/N-ethyl adjacent to an activating group) is 1. The first kappa shape index (κ1) is 12.3. The lowest BCUT2D eigenvalue weighted by atomic mass is 10.2. The third-order valence-electron chi connectivity index (χ3n) is 3.00. The van der Waals surface area contributed by atoms with Crippen LogP contribution in [0.4, 0.5) is 5.69 Å². The molecule has 1 aliphatic rings. The number of pyridine rings is 1. The van der Waals surface area contributed by atoms with E-state index in [1.54, 1.807) is 24.1 Å². The lowest BCUT2D eigenvalue weighted by Crippen LogP contribution is -2.38. The number of carbonyl (C=O) groups excluding carboxylic acids is 2. The molecule has 1 aliphatic heterocycles. The van der Waals surface area contributed by atoms with Gasteiger partial charge in [0.2, 0.25) is 5.91 Å². The molecule has 2 N–H and O–H groups in total. The molecule has 2 amide bonds. The van der Waals surface area contributed by atoms with Gasteiger partial charge in [0.25, 0.3) is 5.91 Å². The summed E-state index contributed by atoms with van der Waals surface area (Å²) >= 11 is 0. The number of carbonyl (C=O) groups is 2. The summed E-state index contributed by atoms with van der Waals surface area (Å²) in [6.45, 7) is 1.30. The molecule has 0 unspecified atom stereocenters. The topological polar surface area (TPSA) is 79.5 Å². The van der Waals surface area contributed by atoms with Crippen molar-refractivity contribution in [1.29, 1.82) is 0 Å². The molecule has 0 bridgehead atoms. The van der Waals surface area contributed by atoms with Crippen molar-refractivity contribution < 1.29 is 9.59 Å². The molecule has 0 saturated carbocycles. The van der Waals surface area contributed by atoms with Crippen LogP contribution in [0.25, 0.3) is 0 Å². The quantitative estimate of drug-likeness (QED) is 0.756. The molecule has 0 radical (unpaired) electrons. The number of nitrogens with zero attached hydrogens (tertiary/aromatic N) is 3. The van der Waals surface area contributed by atoms with Crippen LogP contribution in [0.3, 0.4) is 0 Å². The van der Waals surface area contributed by atoms with Crippen LogP contribution in [0, 0.1) is 0 Å². The van der Waals surface area contributed by atoms with E-state index in [0.29, 0.717) is 18.8 Å². The van der Waals surface area contributed by atoms with E-state index in [-0.39, 0.29) is 24.1 Å². The Morgan fingerprint density at radius 1 is 1.44 bits per heavy atom. The lowest BCUT2D eigenvalue weighted by molar-refractivity contribution is -0.129. The second kappa shape index (κ2) is 5.03. The van der Waals surface area contributed by atoms with Crippen molar-refractivity contribution in [2.45, 2.75) is 6.42 Å². The van der Waals surface area contributed by atoms with Gasteiger partial charge in [-0.05, 0) is 18.6 Å².